The molecule has 0 amide bonds. The van der Waals surface area contributed by atoms with E-state index in [9.17, 15) is 4.79 Å². The van der Waals surface area contributed by atoms with E-state index in [0.717, 1.165) is 12.1 Å². The van der Waals surface area contributed by atoms with E-state index in [-0.39, 0.29) is 18.4 Å². The maximum Gasteiger partial charge on any atom is 0.307 e. The molecule has 0 aliphatic carbocycles. The Labute approximate surface area is 89.2 Å². The van der Waals surface area contributed by atoms with Crippen LogP contribution in [0.3, 0.4) is 0 Å². The number of carbonyl (C=O) groups is 1. The van der Waals surface area contributed by atoms with Crippen LogP contribution in [0.15, 0.2) is 12.4 Å². The highest BCUT2D eigenvalue weighted by Gasteiger charge is 2.13. The average Bonchev–Trinajstić information content (AvgIpc) is 2.66. The van der Waals surface area contributed by atoms with E-state index in [2.05, 4.69) is 5.10 Å². The summed E-state index contributed by atoms with van der Waals surface area (Å²) < 4.78 is 6.60. The second kappa shape index (κ2) is 5.50. The van der Waals surface area contributed by atoms with E-state index in [1.54, 1.807) is 17.8 Å². The fraction of sp³-hybridized carbons (Fsp3) is 0.600. The Kier molecular flexibility index (Phi) is 4.30. The van der Waals surface area contributed by atoms with Crippen LogP contribution < -0.4 is 5.73 Å². The van der Waals surface area contributed by atoms with Crippen molar-refractivity contribution in [1.82, 2.24) is 9.78 Å². The summed E-state index contributed by atoms with van der Waals surface area (Å²) in [7, 11) is 0. The molecule has 0 spiro atoms. The van der Waals surface area contributed by atoms with Crippen molar-refractivity contribution in [3.05, 3.63) is 18.0 Å². The Bertz CT molecular complexity index is 322. The molecule has 0 saturated heterocycles. The molecule has 1 aromatic rings. The zero-order chi connectivity index (χ0) is 11.3. The summed E-state index contributed by atoms with van der Waals surface area (Å²) in [5.74, 6) is -0.269. The van der Waals surface area contributed by atoms with Gasteiger partial charge < -0.3 is 10.5 Å². The van der Waals surface area contributed by atoms with Crippen LogP contribution in [0.1, 0.15) is 31.9 Å². The van der Waals surface area contributed by atoms with Gasteiger partial charge in [-0.2, -0.15) is 5.10 Å². The molecule has 0 radical (unpaired) electrons. The monoisotopic (exact) mass is 211 g/mol. The number of nitrogens with two attached hydrogens (primary N) is 1. The predicted octanol–water partition coefficient (Wildman–Crippen LogP) is 0.856. The van der Waals surface area contributed by atoms with Crippen LogP contribution in [0.5, 0.6) is 0 Å². The van der Waals surface area contributed by atoms with Crippen molar-refractivity contribution in [2.24, 2.45) is 5.73 Å². The molecule has 0 saturated carbocycles. The third-order valence-electron chi connectivity index (χ3n) is 2.10. The quantitative estimate of drug-likeness (QED) is 0.733. The first-order valence-electron chi connectivity index (χ1n) is 5.10. The van der Waals surface area contributed by atoms with Gasteiger partial charge in [0.25, 0.3) is 0 Å². The van der Waals surface area contributed by atoms with Gasteiger partial charge in [-0.1, -0.05) is 0 Å². The van der Waals surface area contributed by atoms with Crippen molar-refractivity contribution in [3.8, 4) is 0 Å². The van der Waals surface area contributed by atoms with Crippen molar-refractivity contribution < 1.29 is 9.53 Å². The highest BCUT2D eigenvalue weighted by Crippen LogP contribution is 2.13. The number of aryl methyl sites for hydroxylation is 1. The molecule has 0 aromatic carbocycles. The Morgan fingerprint density at radius 2 is 2.40 bits per heavy atom. The molecule has 1 rings (SSSR count). The lowest BCUT2D eigenvalue weighted by Gasteiger charge is -2.07. The molecule has 84 valence electrons. The zero-order valence-corrected chi connectivity index (χ0v) is 9.14. The Balaban J connectivity index is 2.52. The van der Waals surface area contributed by atoms with Gasteiger partial charge in [-0.05, 0) is 13.8 Å². The van der Waals surface area contributed by atoms with Crippen molar-refractivity contribution in [1.29, 1.82) is 0 Å². The maximum atomic E-state index is 11.2. The van der Waals surface area contributed by atoms with E-state index in [0.29, 0.717) is 6.61 Å². The lowest BCUT2D eigenvalue weighted by atomic mass is 10.1. The first-order valence-corrected chi connectivity index (χ1v) is 5.10. The summed E-state index contributed by atoms with van der Waals surface area (Å²) in [5.41, 5.74) is 6.71. The Hall–Kier alpha value is -1.36. The summed E-state index contributed by atoms with van der Waals surface area (Å²) in [5, 5.41) is 4.09. The van der Waals surface area contributed by atoms with Crippen molar-refractivity contribution >= 4 is 5.97 Å². The molecule has 1 aromatic heterocycles. The van der Waals surface area contributed by atoms with E-state index >= 15 is 0 Å². The number of nitrogens with zero attached hydrogens (tertiary/aromatic N) is 2. The normalized spacial score (nSPS) is 12.5. The van der Waals surface area contributed by atoms with Gasteiger partial charge in [0, 0.05) is 24.3 Å². The second-order valence-corrected chi connectivity index (χ2v) is 3.25. The van der Waals surface area contributed by atoms with Gasteiger partial charge >= 0.3 is 5.97 Å². The van der Waals surface area contributed by atoms with Gasteiger partial charge in [-0.15, -0.1) is 0 Å². The van der Waals surface area contributed by atoms with Crippen LogP contribution in [0.2, 0.25) is 0 Å². The van der Waals surface area contributed by atoms with Gasteiger partial charge in [0.2, 0.25) is 0 Å². The van der Waals surface area contributed by atoms with Gasteiger partial charge in [-0.3, -0.25) is 9.48 Å². The smallest absolute Gasteiger partial charge is 0.307 e. The summed E-state index contributed by atoms with van der Waals surface area (Å²) in [6.45, 7) is 4.96. The number of rotatable bonds is 5. The number of hydrogen-bond donors (Lipinski definition) is 1. The SMILES string of the molecule is CCOC(=O)C[C@@H](N)c1cnn(CC)c1. The van der Waals surface area contributed by atoms with Crippen molar-refractivity contribution in [3.63, 3.8) is 0 Å². The minimum absolute atomic E-state index is 0.198. The molecule has 5 nitrogen and oxygen atoms in total. The molecular weight excluding hydrogens is 194 g/mol. The number of hydrogen-bond acceptors (Lipinski definition) is 4. The molecule has 0 aliphatic rings. The standard InChI is InChI=1S/C10H17N3O2/c1-3-13-7-8(6-12-13)9(11)5-10(14)15-4-2/h6-7,9H,3-5,11H2,1-2H3/t9-/m1/s1. The first kappa shape index (κ1) is 11.7. The molecule has 5 heteroatoms. The Morgan fingerprint density at radius 1 is 1.67 bits per heavy atom. The lowest BCUT2D eigenvalue weighted by Crippen LogP contribution is -2.16. The summed E-state index contributed by atoms with van der Waals surface area (Å²) >= 11 is 0. The number of carbonyl (C=O) groups excluding carboxylic acids is 1. The van der Waals surface area contributed by atoms with Crippen LogP contribution in [0, 0.1) is 0 Å². The van der Waals surface area contributed by atoms with Crippen LogP contribution >= 0.6 is 0 Å². The predicted molar refractivity (Wildman–Crippen MR) is 56.1 cm³/mol. The molecule has 0 unspecified atom stereocenters. The van der Waals surface area contributed by atoms with Crippen LogP contribution in [-0.2, 0) is 16.1 Å². The van der Waals surface area contributed by atoms with Gasteiger partial charge in [0.1, 0.15) is 0 Å². The minimum Gasteiger partial charge on any atom is -0.466 e. The van der Waals surface area contributed by atoms with Crippen LogP contribution in [0.25, 0.3) is 0 Å². The van der Waals surface area contributed by atoms with Gasteiger partial charge in [0.15, 0.2) is 0 Å². The minimum atomic E-state index is -0.329. The second-order valence-electron chi connectivity index (χ2n) is 3.25. The molecule has 1 atom stereocenters. The summed E-state index contributed by atoms with van der Waals surface area (Å²) in [4.78, 5) is 11.2. The van der Waals surface area contributed by atoms with Crippen molar-refractivity contribution in [2.45, 2.75) is 32.9 Å². The molecule has 15 heavy (non-hydrogen) atoms. The van der Waals surface area contributed by atoms with Gasteiger partial charge in [0.05, 0.1) is 19.2 Å². The van der Waals surface area contributed by atoms with Crippen LogP contribution in [-0.4, -0.2) is 22.4 Å². The topological polar surface area (TPSA) is 70.1 Å². The average molecular weight is 211 g/mol. The van der Waals surface area contributed by atoms with Crippen LogP contribution in [0.4, 0.5) is 0 Å². The highest BCUT2D eigenvalue weighted by atomic mass is 16.5. The molecule has 1 heterocycles. The maximum absolute atomic E-state index is 11.2. The number of ether oxygens (including phenoxy) is 1. The van der Waals surface area contributed by atoms with E-state index < -0.39 is 0 Å². The molecule has 0 aliphatic heterocycles. The van der Waals surface area contributed by atoms with Crippen molar-refractivity contribution in [2.75, 3.05) is 6.61 Å². The number of esters is 1. The Morgan fingerprint density at radius 3 is 2.93 bits per heavy atom. The third kappa shape index (κ3) is 3.36. The lowest BCUT2D eigenvalue weighted by molar-refractivity contribution is -0.143. The molecular formula is C10H17N3O2. The summed E-state index contributed by atoms with van der Waals surface area (Å²) in [6.07, 6.45) is 3.74. The molecule has 0 bridgehead atoms. The fourth-order valence-electron chi connectivity index (χ4n) is 1.26. The summed E-state index contributed by atoms with van der Waals surface area (Å²) in [6, 6.07) is -0.329. The van der Waals surface area contributed by atoms with E-state index in [1.807, 2.05) is 13.1 Å². The van der Waals surface area contributed by atoms with E-state index in [4.69, 9.17) is 10.5 Å². The zero-order valence-electron chi connectivity index (χ0n) is 9.14. The third-order valence-corrected chi connectivity index (χ3v) is 2.10. The molecule has 2 N–H and O–H groups in total. The fourth-order valence-corrected chi connectivity index (χ4v) is 1.26. The van der Waals surface area contributed by atoms with E-state index in [1.165, 1.54) is 0 Å². The highest BCUT2D eigenvalue weighted by molar-refractivity contribution is 5.70. The van der Waals surface area contributed by atoms with Gasteiger partial charge in [-0.25, -0.2) is 0 Å². The largest absolute Gasteiger partial charge is 0.466 e. The molecule has 0 fully saturated rings. The first-order chi connectivity index (χ1) is 7.17. The number of aromatic nitrogens is 2.